The van der Waals surface area contributed by atoms with E-state index in [1.807, 2.05) is 13.8 Å². The third kappa shape index (κ3) is 5.07. The van der Waals surface area contributed by atoms with Crippen molar-refractivity contribution in [1.29, 1.82) is 0 Å². The van der Waals surface area contributed by atoms with Crippen molar-refractivity contribution in [2.45, 2.75) is 31.7 Å². The molecule has 5 nitrogen and oxygen atoms in total. The first kappa shape index (κ1) is 17.4. The molecule has 1 saturated heterocycles. The standard InChI is InChI=1S/C15H21BrN2O3S/c1-11-7-18(8-12(2)17-11)15(19)10-22(20,21)9-13-3-5-14(16)6-4-13/h3-6,11-12,17H,7-10H2,1-2H3/t11-,12-/m1/s1. The predicted molar refractivity (Wildman–Crippen MR) is 90.3 cm³/mol. The predicted octanol–water partition coefficient (Wildman–Crippen LogP) is 1.57. The van der Waals surface area contributed by atoms with Crippen LogP contribution in [0.2, 0.25) is 0 Å². The number of carbonyl (C=O) groups is 1. The smallest absolute Gasteiger partial charge is 0.237 e. The summed E-state index contributed by atoms with van der Waals surface area (Å²) in [6.07, 6.45) is 0. The molecule has 0 aromatic heterocycles. The van der Waals surface area contributed by atoms with Crippen LogP contribution in [0.3, 0.4) is 0 Å². The zero-order chi connectivity index (χ0) is 16.3. The number of nitrogens with one attached hydrogen (secondary N) is 1. The average Bonchev–Trinajstić information content (AvgIpc) is 2.39. The van der Waals surface area contributed by atoms with Gasteiger partial charge in [-0.05, 0) is 31.5 Å². The lowest BCUT2D eigenvalue weighted by Gasteiger charge is -2.36. The van der Waals surface area contributed by atoms with E-state index >= 15 is 0 Å². The topological polar surface area (TPSA) is 66.5 Å². The number of sulfone groups is 1. The van der Waals surface area contributed by atoms with Gasteiger partial charge in [0, 0.05) is 29.6 Å². The number of piperazine rings is 1. The maximum atomic E-state index is 12.3. The lowest BCUT2D eigenvalue weighted by atomic mass is 10.1. The monoisotopic (exact) mass is 388 g/mol. The Morgan fingerprint density at radius 1 is 1.23 bits per heavy atom. The quantitative estimate of drug-likeness (QED) is 0.849. The summed E-state index contributed by atoms with van der Waals surface area (Å²) in [5, 5.41) is 3.32. The normalized spacial score (nSPS) is 22.6. The van der Waals surface area contributed by atoms with Crippen molar-refractivity contribution in [3.63, 3.8) is 0 Å². The van der Waals surface area contributed by atoms with Gasteiger partial charge in [0.25, 0.3) is 0 Å². The van der Waals surface area contributed by atoms with Gasteiger partial charge in [-0.15, -0.1) is 0 Å². The minimum absolute atomic E-state index is 0.108. The number of rotatable bonds is 4. The molecule has 1 aromatic carbocycles. The second-order valence-corrected chi connectivity index (χ2v) is 8.91. The Bertz CT molecular complexity index is 621. The molecule has 0 saturated carbocycles. The molecule has 1 aromatic rings. The summed E-state index contributed by atoms with van der Waals surface area (Å²) < 4.78 is 25.3. The highest BCUT2D eigenvalue weighted by molar-refractivity contribution is 9.10. The van der Waals surface area contributed by atoms with Gasteiger partial charge in [-0.3, -0.25) is 4.79 Å². The SMILES string of the molecule is C[C@@H]1CN(C(=O)CS(=O)(=O)Cc2ccc(Br)cc2)C[C@@H](C)N1. The van der Waals surface area contributed by atoms with Crippen LogP contribution in [0.1, 0.15) is 19.4 Å². The summed E-state index contributed by atoms with van der Waals surface area (Å²) in [6, 6.07) is 7.46. The van der Waals surface area contributed by atoms with E-state index in [1.54, 1.807) is 29.2 Å². The van der Waals surface area contributed by atoms with Crippen LogP contribution in [-0.4, -0.2) is 50.2 Å². The molecule has 0 unspecified atom stereocenters. The zero-order valence-corrected chi connectivity index (χ0v) is 15.2. The van der Waals surface area contributed by atoms with Crippen molar-refractivity contribution in [2.24, 2.45) is 0 Å². The van der Waals surface area contributed by atoms with Crippen molar-refractivity contribution in [2.75, 3.05) is 18.8 Å². The van der Waals surface area contributed by atoms with Crippen molar-refractivity contribution < 1.29 is 13.2 Å². The van der Waals surface area contributed by atoms with Crippen molar-refractivity contribution >= 4 is 31.7 Å². The molecule has 0 radical (unpaired) electrons. The molecule has 0 aliphatic carbocycles. The zero-order valence-electron chi connectivity index (χ0n) is 12.8. The van der Waals surface area contributed by atoms with Crippen molar-refractivity contribution in [3.05, 3.63) is 34.3 Å². The largest absolute Gasteiger partial charge is 0.339 e. The van der Waals surface area contributed by atoms with Gasteiger partial charge in [-0.1, -0.05) is 28.1 Å². The van der Waals surface area contributed by atoms with Gasteiger partial charge in [0.15, 0.2) is 9.84 Å². The molecule has 0 bridgehead atoms. The summed E-state index contributed by atoms with van der Waals surface area (Å²) in [7, 11) is -3.46. The summed E-state index contributed by atoms with van der Waals surface area (Å²) >= 11 is 3.31. The second kappa shape index (κ2) is 7.10. The molecular weight excluding hydrogens is 368 g/mol. The highest BCUT2D eigenvalue weighted by atomic mass is 79.9. The van der Waals surface area contributed by atoms with E-state index in [0.717, 1.165) is 4.47 Å². The lowest BCUT2D eigenvalue weighted by Crippen LogP contribution is -2.56. The molecule has 2 rings (SSSR count). The minimum atomic E-state index is -3.46. The van der Waals surface area contributed by atoms with Crippen LogP contribution in [0.5, 0.6) is 0 Å². The Balaban J connectivity index is 1.98. The third-order valence-electron chi connectivity index (χ3n) is 3.55. The van der Waals surface area contributed by atoms with E-state index < -0.39 is 15.6 Å². The third-order valence-corrected chi connectivity index (χ3v) is 5.54. The van der Waals surface area contributed by atoms with Gasteiger partial charge >= 0.3 is 0 Å². The Labute approximate surface area is 140 Å². The molecule has 1 amide bonds. The summed E-state index contributed by atoms with van der Waals surface area (Å²) in [4.78, 5) is 13.9. The van der Waals surface area contributed by atoms with Crippen LogP contribution >= 0.6 is 15.9 Å². The highest BCUT2D eigenvalue weighted by Gasteiger charge is 2.27. The van der Waals surface area contributed by atoms with Gasteiger partial charge in [-0.25, -0.2) is 8.42 Å². The van der Waals surface area contributed by atoms with E-state index in [-0.39, 0.29) is 23.7 Å². The molecular formula is C15H21BrN2O3S. The minimum Gasteiger partial charge on any atom is -0.339 e. The molecule has 1 heterocycles. The van der Waals surface area contributed by atoms with Gasteiger partial charge in [0.1, 0.15) is 5.75 Å². The van der Waals surface area contributed by atoms with Gasteiger partial charge in [0.05, 0.1) is 5.75 Å². The maximum Gasteiger partial charge on any atom is 0.237 e. The number of benzene rings is 1. The van der Waals surface area contributed by atoms with Gasteiger partial charge in [0.2, 0.25) is 5.91 Å². The van der Waals surface area contributed by atoms with Crippen LogP contribution in [0.15, 0.2) is 28.7 Å². The van der Waals surface area contributed by atoms with Crippen LogP contribution < -0.4 is 5.32 Å². The first-order chi connectivity index (χ1) is 10.2. The molecule has 22 heavy (non-hydrogen) atoms. The number of hydrogen-bond donors (Lipinski definition) is 1. The summed E-state index contributed by atoms with van der Waals surface area (Å²) in [5.74, 6) is -0.844. The molecule has 122 valence electrons. The number of halogens is 1. The van der Waals surface area contributed by atoms with E-state index in [1.165, 1.54) is 0 Å². The van der Waals surface area contributed by atoms with Crippen LogP contribution in [0.25, 0.3) is 0 Å². The fourth-order valence-electron chi connectivity index (χ4n) is 2.70. The van der Waals surface area contributed by atoms with Crippen LogP contribution in [0, 0.1) is 0 Å². The number of hydrogen-bond acceptors (Lipinski definition) is 4. The highest BCUT2D eigenvalue weighted by Crippen LogP contribution is 2.14. The van der Waals surface area contributed by atoms with Gasteiger partial charge < -0.3 is 10.2 Å². The van der Waals surface area contributed by atoms with E-state index in [0.29, 0.717) is 18.7 Å². The Hall–Kier alpha value is -0.920. The van der Waals surface area contributed by atoms with Gasteiger partial charge in [-0.2, -0.15) is 0 Å². The van der Waals surface area contributed by atoms with Crippen LogP contribution in [-0.2, 0) is 20.4 Å². The molecule has 2 atom stereocenters. The van der Waals surface area contributed by atoms with E-state index in [9.17, 15) is 13.2 Å². The van der Waals surface area contributed by atoms with E-state index in [2.05, 4.69) is 21.2 Å². The average molecular weight is 389 g/mol. The second-order valence-electron chi connectivity index (χ2n) is 5.93. The Morgan fingerprint density at radius 2 is 1.77 bits per heavy atom. The van der Waals surface area contributed by atoms with Crippen molar-refractivity contribution in [3.8, 4) is 0 Å². The molecule has 7 heteroatoms. The van der Waals surface area contributed by atoms with Crippen molar-refractivity contribution in [1.82, 2.24) is 10.2 Å². The molecule has 1 aliphatic rings. The van der Waals surface area contributed by atoms with E-state index in [4.69, 9.17) is 0 Å². The number of carbonyl (C=O) groups excluding carboxylic acids is 1. The maximum absolute atomic E-state index is 12.3. The van der Waals surface area contributed by atoms with Crippen LogP contribution in [0.4, 0.5) is 0 Å². The fourth-order valence-corrected chi connectivity index (χ4v) is 4.32. The number of amides is 1. The Morgan fingerprint density at radius 3 is 2.32 bits per heavy atom. The molecule has 1 aliphatic heterocycles. The molecule has 0 spiro atoms. The number of nitrogens with zero attached hydrogens (tertiary/aromatic N) is 1. The first-order valence-corrected chi connectivity index (χ1v) is 9.85. The molecule has 1 fully saturated rings. The fraction of sp³-hybridized carbons (Fsp3) is 0.533. The lowest BCUT2D eigenvalue weighted by molar-refractivity contribution is -0.130. The summed E-state index contributed by atoms with van der Waals surface area (Å²) in [5.41, 5.74) is 0.693. The molecule has 1 N–H and O–H groups in total. The summed E-state index contributed by atoms with van der Waals surface area (Å²) in [6.45, 7) is 5.09. The Kier molecular flexibility index (Phi) is 5.63. The first-order valence-electron chi connectivity index (χ1n) is 7.24.